The molecule has 0 bridgehead atoms. The van der Waals surface area contributed by atoms with Crippen LogP contribution in [0.3, 0.4) is 0 Å². The molecule has 0 spiro atoms. The Morgan fingerprint density at radius 3 is 2.60 bits per heavy atom. The van der Waals surface area contributed by atoms with Crippen LogP contribution in [0.1, 0.15) is 15.9 Å². The molecule has 5 nitrogen and oxygen atoms in total. The van der Waals surface area contributed by atoms with Gasteiger partial charge in [0.05, 0.1) is 23.8 Å². The Morgan fingerprint density at radius 2 is 1.96 bits per heavy atom. The third-order valence-electron chi connectivity index (χ3n) is 3.75. The minimum Gasteiger partial charge on any atom is -0.478 e. The van der Waals surface area contributed by atoms with Gasteiger partial charge in [-0.3, -0.25) is 4.79 Å². The Balaban J connectivity index is 0.00000225. The van der Waals surface area contributed by atoms with Gasteiger partial charge >= 0.3 is 5.97 Å². The molecule has 0 radical (unpaired) electrons. The van der Waals surface area contributed by atoms with Gasteiger partial charge in [0.1, 0.15) is 0 Å². The summed E-state index contributed by atoms with van der Waals surface area (Å²) >= 11 is 7.36. The number of halogens is 2. The van der Waals surface area contributed by atoms with Gasteiger partial charge in [-0.2, -0.15) is 0 Å². The highest BCUT2D eigenvalue weighted by Gasteiger charge is 2.29. The quantitative estimate of drug-likeness (QED) is 0.826. The summed E-state index contributed by atoms with van der Waals surface area (Å²) < 4.78 is 0. The number of fused-ring (bicyclic) bond motifs is 1. The van der Waals surface area contributed by atoms with E-state index in [1.165, 1.54) is 23.9 Å². The number of hydrogen-bond acceptors (Lipinski definition) is 4. The second-order valence-electron chi connectivity index (χ2n) is 5.46. The molecule has 0 aliphatic carbocycles. The third-order valence-corrected chi connectivity index (χ3v) is 5.19. The van der Waals surface area contributed by atoms with Gasteiger partial charge in [-0.05, 0) is 35.9 Å². The molecule has 3 rings (SSSR count). The molecular formula is C17H16Cl2N2O3S. The number of thioether (sulfide) groups is 1. The van der Waals surface area contributed by atoms with Crippen LogP contribution >= 0.6 is 35.8 Å². The molecular weight excluding hydrogens is 383 g/mol. The van der Waals surface area contributed by atoms with E-state index in [1.54, 1.807) is 23.1 Å². The molecule has 0 aromatic heterocycles. The van der Waals surface area contributed by atoms with Crippen LogP contribution < -0.4 is 10.6 Å². The van der Waals surface area contributed by atoms with Crippen LogP contribution in [-0.4, -0.2) is 28.8 Å². The van der Waals surface area contributed by atoms with Crippen LogP contribution in [0.15, 0.2) is 47.4 Å². The van der Waals surface area contributed by atoms with Crippen molar-refractivity contribution in [2.45, 2.75) is 17.5 Å². The molecule has 2 aromatic rings. The van der Waals surface area contributed by atoms with Crippen molar-refractivity contribution >= 4 is 53.3 Å². The fourth-order valence-corrected chi connectivity index (χ4v) is 3.60. The first-order valence-electron chi connectivity index (χ1n) is 7.27. The van der Waals surface area contributed by atoms with E-state index in [4.69, 9.17) is 17.3 Å². The van der Waals surface area contributed by atoms with E-state index in [9.17, 15) is 14.7 Å². The minimum absolute atomic E-state index is 0. The standard InChI is InChI=1S/C17H15ClN2O3S.ClH/c18-12-4-1-10(2-5-12)8-20-14-7-11(17(22)23)3-6-15(14)24-9-13(19)16(20)21;/h1-7,13H,8-9,19H2,(H,22,23);1H/t13-;/m0./s1. The van der Waals surface area contributed by atoms with Crippen molar-refractivity contribution in [1.82, 2.24) is 0 Å². The number of carboxylic acid groups (broad SMARTS) is 1. The molecule has 1 atom stereocenters. The number of nitrogens with zero attached hydrogens (tertiary/aromatic N) is 1. The first-order chi connectivity index (χ1) is 11.5. The fourth-order valence-electron chi connectivity index (χ4n) is 2.49. The second-order valence-corrected chi connectivity index (χ2v) is 6.95. The van der Waals surface area contributed by atoms with E-state index < -0.39 is 12.0 Å². The number of amides is 1. The third kappa shape index (κ3) is 4.27. The molecule has 1 aliphatic rings. The normalized spacial score (nSPS) is 16.6. The molecule has 2 aromatic carbocycles. The zero-order valence-corrected chi connectivity index (χ0v) is 15.4. The number of benzene rings is 2. The first kappa shape index (κ1) is 19.6. The van der Waals surface area contributed by atoms with Crippen LogP contribution in [0, 0.1) is 0 Å². The average molecular weight is 399 g/mol. The maximum atomic E-state index is 12.7. The lowest BCUT2D eigenvalue weighted by atomic mass is 10.1. The number of anilines is 1. The van der Waals surface area contributed by atoms with E-state index in [0.717, 1.165) is 10.5 Å². The molecule has 25 heavy (non-hydrogen) atoms. The molecule has 3 N–H and O–H groups in total. The van der Waals surface area contributed by atoms with Crippen LogP contribution in [0.4, 0.5) is 5.69 Å². The summed E-state index contributed by atoms with van der Waals surface area (Å²) in [5.74, 6) is -0.802. The van der Waals surface area contributed by atoms with Crippen molar-refractivity contribution in [2.75, 3.05) is 10.7 Å². The topological polar surface area (TPSA) is 83.6 Å². The van der Waals surface area contributed by atoms with E-state index in [-0.39, 0.29) is 23.9 Å². The Hall–Kier alpha value is -1.73. The Labute approximate surface area is 160 Å². The zero-order valence-electron chi connectivity index (χ0n) is 13.0. The smallest absolute Gasteiger partial charge is 0.335 e. The monoisotopic (exact) mass is 398 g/mol. The number of carbonyl (C=O) groups is 2. The van der Waals surface area contributed by atoms with Crippen LogP contribution in [0.5, 0.6) is 0 Å². The molecule has 0 saturated carbocycles. The molecule has 0 saturated heterocycles. The van der Waals surface area contributed by atoms with Gasteiger partial charge in [0, 0.05) is 15.7 Å². The highest BCUT2D eigenvalue weighted by Crippen LogP contribution is 2.35. The SMILES string of the molecule is Cl.N[C@H]1CSc2ccc(C(=O)O)cc2N(Cc2ccc(Cl)cc2)C1=O. The summed E-state index contributed by atoms with van der Waals surface area (Å²) in [7, 11) is 0. The largest absolute Gasteiger partial charge is 0.478 e. The lowest BCUT2D eigenvalue weighted by molar-refractivity contribution is -0.119. The van der Waals surface area contributed by atoms with E-state index in [1.807, 2.05) is 12.1 Å². The van der Waals surface area contributed by atoms with Gasteiger partial charge in [-0.1, -0.05) is 23.7 Å². The fraction of sp³-hybridized carbons (Fsp3) is 0.176. The second kappa shape index (κ2) is 8.10. The maximum Gasteiger partial charge on any atom is 0.335 e. The lowest BCUT2D eigenvalue weighted by Crippen LogP contribution is -2.44. The molecule has 1 amide bonds. The van der Waals surface area contributed by atoms with Gasteiger partial charge < -0.3 is 15.7 Å². The molecule has 132 valence electrons. The minimum atomic E-state index is -1.03. The van der Waals surface area contributed by atoms with Gasteiger partial charge in [0.15, 0.2) is 0 Å². The number of carboxylic acids is 1. The highest BCUT2D eigenvalue weighted by atomic mass is 35.5. The van der Waals surface area contributed by atoms with Crippen molar-refractivity contribution in [2.24, 2.45) is 5.73 Å². The predicted molar refractivity (Wildman–Crippen MR) is 102 cm³/mol. The molecule has 0 unspecified atom stereocenters. The van der Waals surface area contributed by atoms with Gasteiger partial charge in [-0.15, -0.1) is 24.2 Å². The highest BCUT2D eigenvalue weighted by molar-refractivity contribution is 7.99. The number of rotatable bonds is 3. The summed E-state index contributed by atoms with van der Waals surface area (Å²) in [4.78, 5) is 26.3. The first-order valence-corrected chi connectivity index (χ1v) is 8.63. The Kier molecular flexibility index (Phi) is 6.35. The molecule has 0 fully saturated rings. The number of carbonyl (C=O) groups excluding carboxylic acids is 1. The van der Waals surface area contributed by atoms with Crippen LogP contribution in [0.2, 0.25) is 5.02 Å². The average Bonchev–Trinajstić information content (AvgIpc) is 2.68. The van der Waals surface area contributed by atoms with Gasteiger partial charge in [0.25, 0.3) is 0 Å². The molecule has 1 heterocycles. The summed E-state index contributed by atoms with van der Waals surface area (Å²) in [6.45, 7) is 0.306. The lowest BCUT2D eigenvalue weighted by Gasteiger charge is -2.24. The summed E-state index contributed by atoms with van der Waals surface area (Å²) in [5.41, 5.74) is 7.58. The van der Waals surface area contributed by atoms with Crippen molar-refractivity contribution < 1.29 is 14.7 Å². The van der Waals surface area contributed by atoms with Crippen LogP contribution in [-0.2, 0) is 11.3 Å². The Morgan fingerprint density at radius 1 is 1.28 bits per heavy atom. The van der Waals surface area contributed by atoms with E-state index in [0.29, 0.717) is 23.0 Å². The number of aromatic carboxylic acids is 1. The number of hydrogen-bond donors (Lipinski definition) is 2. The van der Waals surface area contributed by atoms with Gasteiger partial charge in [0.2, 0.25) is 5.91 Å². The van der Waals surface area contributed by atoms with Crippen molar-refractivity contribution in [3.8, 4) is 0 Å². The van der Waals surface area contributed by atoms with E-state index >= 15 is 0 Å². The zero-order chi connectivity index (χ0) is 17.3. The van der Waals surface area contributed by atoms with Crippen molar-refractivity contribution in [1.29, 1.82) is 0 Å². The summed E-state index contributed by atoms with van der Waals surface area (Å²) in [5, 5.41) is 9.84. The van der Waals surface area contributed by atoms with Crippen molar-refractivity contribution in [3.05, 3.63) is 58.6 Å². The Bertz CT molecular complexity index is 799. The number of nitrogens with two attached hydrogens (primary N) is 1. The molecule has 8 heteroatoms. The summed E-state index contributed by atoms with van der Waals surface area (Å²) in [6, 6.07) is 11.3. The van der Waals surface area contributed by atoms with Crippen molar-refractivity contribution in [3.63, 3.8) is 0 Å². The molecule has 1 aliphatic heterocycles. The van der Waals surface area contributed by atoms with Crippen LogP contribution in [0.25, 0.3) is 0 Å². The maximum absolute atomic E-state index is 12.7. The van der Waals surface area contributed by atoms with Gasteiger partial charge in [-0.25, -0.2) is 4.79 Å². The summed E-state index contributed by atoms with van der Waals surface area (Å²) in [6.07, 6.45) is 0. The predicted octanol–water partition coefficient (Wildman–Crippen LogP) is 3.43. The van der Waals surface area contributed by atoms with E-state index in [2.05, 4.69) is 0 Å².